The number of hydrogen-bond acceptors (Lipinski definition) is 11. The zero-order valence-corrected chi connectivity index (χ0v) is 38.1. The standard InChI is InChI=1S/C48H59FN8O7S/c1-3-42(58)51-45(32-8-5-4-6-9-32)48(61)54-21-22-55(31(2)27-54)47(60)40-25-33-24-34(49)11-12-39(33)57(40)29-44(59)56-18-7-10-35(56)30-62-43-26-37(64-52-43)28-53-19-14-36(15-20-53)63-41-13-17-50-38-16-23-65-46(38)41/h11-13,16-17,23-26,31-32,35-36,45H,3-10,14-15,18-22,27-30H2,1-2H3,(H,51,58)/t31-,35-,45-/m0/s1. The molecule has 65 heavy (non-hydrogen) atoms. The molecule has 0 bridgehead atoms. The lowest BCUT2D eigenvalue weighted by atomic mass is 9.83. The third kappa shape index (κ3) is 10.0. The highest BCUT2D eigenvalue weighted by molar-refractivity contribution is 7.17. The van der Waals surface area contributed by atoms with Gasteiger partial charge in [-0.05, 0) is 98.3 Å². The fourth-order valence-electron chi connectivity index (χ4n) is 10.2. The number of ether oxygens (including phenoxy) is 2. The van der Waals surface area contributed by atoms with E-state index in [2.05, 4.69) is 20.4 Å². The van der Waals surface area contributed by atoms with Crippen LogP contribution >= 0.6 is 11.3 Å². The molecule has 15 nitrogen and oxygen atoms in total. The maximum Gasteiger partial charge on any atom is 0.270 e. The summed E-state index contributed by atoms with van der Waals surface area (Å²) in [5, 5.41) is 9.75. The van der Waals surface area contributed by atoms with E-state index in [0.717, 1.165) is 86.8 Å². The van der Waals surface area contributed by atoms with Crippen molar-refractivity contribution in [1.82, 2.24) is 39.6 Å². The van der Waals surface area contributed by atoms with Crippen LogP contribution in [0, 0.1) is 11.7 Å². The van der Waals surface area contributed by atoms with E-state index in [9.17, 15) is 23.6 Å². The Labute approximate surface area is 382 Å². The molecule has 9 rings (SSSR count). The van der Waals surface area contributed by atoms with Crippen LogP contribution in [0.3, 0.4) is 0 Å². The van der Waals surface area contributed by atoms with E-state index in [0.29, 0.717) is 55.1 Å². The van der Waals surface area contributed by atoms with E-state index in [-0.39, 0.29) is 73.1 Å². The number of carbonyl (C=O) groups is 4. The number of fused-ring (bicyclic) bond motifs is 2. The highest BCUT2D eigenvalue weighted by Crippen LogP contribution is 2.32. The zero-order chi connectivity index (χ0) is 45.0. The lowest BCUT2D eigenvalue weighted by molar-refractivity contribution is -0.140. The molecule has 17 heteroatoms. The molecule has 4 aromatic heterocycles. The van der Waals surface area contributed by atoms with Gasteiger partial charge in [-0.25, -0.2) is 4.39 Å². The van der Waals surface area contributed by atoms with Crippen LogP contribution < -0.4 is 14.8 Å². The van der Waals surface area contributed by atoms with Gasteiger partial charge in [0.2, 0.25) is 17.7 Å². The lowest BCUT2D eigenvalue weighted by Crippen LogP contribution is -2.60. The summed E-state index contributed by atoms with van der Waals surface area (Å²) in [5.74, 6) is 0.919. The minimum absolute atomic E-state index is 0.0928. The van der Waals surface area contributed by atoms with Crippen LogP contribution in [0.15, 0.2) is 58.6 Å². The number of nitrogens with one attached hydrogen (secondary N) is 1. The summed E-state index contributed by atoms with van der Waals surface area (Å²) in [6.45, 7) is 7.59. The highest BCUT2D eigenvalue weighted by atomic mass is 32.1. The summed E-state index contributed by atoms with van der Waals surface area (Å²) >= 11 is 1.64. The number of hydrogen-bond donors (Lipinski definition) is 1. The number of nitrogens with zero attached hydrogens (tertiary/aromatic N) is 7. The van der Waals surface area contributed by atoms with Gasteiger partial charge in [-0.1, -0.05) is 26.2 Å². The summed E-state index contributed by atoms with van der Waals surface area (Å²) in [7, 11) is 0. The van der Waals surface area contributed by atoms with E-state index >= 15 is 0 Å². The fraction of sp³-hybridized carbons (Fsp3) is 0.542. The lowest BCUT2D eigenvalue weighted by Gasteiger charge is -2.42. The minimum atomic E-state index is -0.578. The minimum Gasteiger partial charge on any atom is -0.489 e. The van der Waals surface area contributed by atoms with Gasteiger partial charge < -0.3 is 38.6 Å². The zero-order valence-electron chi connectivity index (χ0n) is 37.3. The number of rotatable bonds is 14. The molecule has 1 saturated carbocycles. The smallest absolute Gasteiger partial charge is 0.270 e. The largest absolute Gasteiger partial charge is 0.489 e. The molecule has 0 unspecified atom stereocenters. The van der Waals surface area contributed by atoms with Gasteiger partial charge in [0.1, 0.15) is 42.6 Å². The second kappa shape index (κ2) is 19.9. The van der Waals surface area contributed by atoms with Gasteiger partial charge in [0, 0.05) is 74.9 Å². The normalized spacial score (nSPS) is 20.7. The Balaban J connectivity index is 0.802. The first-order chi connectivity index (χ1) is 31.6. The van der Waals surface area contributed by atoms with Crippen molar-refractivity contribution in [2.24, 2.45) is 5.92 Å². The van der Waals surface area contributed by atoms with Gasteiger partial charge >= 0.3 is 0 Å². The molecule has 3 saturated heterocycles. The summed E-state index contributed by atoms with van der Waals surface area (Å²) in [4.78, 5) is 67.2. The van der Waals surface area contributed by atoms with Gasteiger partial charge in [0.15, 0.2) is 5.76 Å². The Bertz CT molecular complexity index is 2490. The van der Waals surface area contributed by atoms with Crippen molar-refractivity contribution in [2.75, 3.05) is 45.9 Å². The van der Waals surface area contributed by atoms with Crippen LogP contribution in [0.25, 0.3) is 21.1 Å². The number of likely N-dealkylation sites (tertiary alicyclic amines) is 2. The van der Waals surface area contributed by atoms with E-state index in [1.165, 1.54) is 12.1 Å². The molecule has 4 aliphatic rings. The average Bonchev–Trinajstić information content (AvgIpc) is 4.16. The number of pyridine rings is 1. The topological polar surface area (TPSA) is 156 Å². The maximum atomic E-state index is 14.6. The first kappa shape index (κ1) is 44.6. The third-order valence-electron chi connectivity index (χ3n) is 13.8. The van der Waals surface area contributed by atoms with Gasteiger partial charge in [-0.2, -0.15) is 0 Å². The fourth-order valence-corrected chi connectivity index (χ4v) is 11.0. The van der Waals surface area contributed by atoms with Crippen LogP contribution in [-0.4, -0.2) is 128 Å². The summed E-state index contributed by atoms with van der Waals surface area (Å²) in [6.07, 6.45) is 10.6. The number of benzene rings is 1. The average molecular weight is 911 g/mol. The molecule has 346 valence electrons. The quantitative estimate of drug-likeness (QED) is 0.128. The molecule has 1 N–H and O–H groups in total. The first-order valence-electron chi connectivity index (χ1n) is 23.4. The van der Waals surface area contributed by atoms with Crippen molar-refractivity contribution in [3.63, 3.8) is 0 Å². The van der Waals surface area contributed by atoms with Crippen molar-refractivity contribution >= 4 is 56.1 Å². The number of carbonyl (C=O) groups excluding carboxylic acids is 4. The maximum absolute atomic E-state index is 14.6. The predicted molar refractivity (Wildman–Crippen MR) is 243 cm³/mol. The molecular formula is C48H59FN8O7S. The Morgan fingerprint density at radius 3 is 2.57 bits per heavy atom. The Morgan fingerprint density at radius 2 is 1.77 bits per heavy atom. The van der Waals surface area contributed by atoms with E-state index in [1.807, 2.05) is 30.5 Å². The van der Waals surface area contributed by atoms with E-state index in [1.54, 1.807) is 55.9 Å². The molecule has 3 atom stereocenters. The molecule has 4 fully saturated rings. The Hall–Kier alpha value is -5.55. The van der Waals surface area contributed by atoms with Gasteiger partial charge in [-0.15, -0.1) is 11.3 Å². The summed E-state index contributed by atoms with van der Waals surface area (Å²) < 4.78 is 35.5. The molecule has 3 aliphatic heterocycles. The van der Waals surface area contributed by atoms with Gasteiger partial charge in [0.05, 0.1) is 22.8 Å². The van der Waals surface area contributed by atoms with Gasteiger partial charge in [-0.3, -0.25) is 29.1 Å². The highest BCUT2D eigenvalue weighted by Gasteiger charge is 2.39. The molecular weight excluding hydrogens is 852 g/mol. The number of aromatic nitrogens is 3. The van der Waals surface area contributed by atoms with Crippen LogP contribution in [-0.2, 0) is 27.5 Å². The monoisotopic (exact) mass is 910 g/mol. The predicted octanol–water partition coefficient (Wildman–Crippen LogP) is 6.64. The van der Waals surface area contributed by atoms with Crippen molar-refractivity contribution in [3.05, 3.63) is 71.3 Å². The van der Waals surface area contributed by atoms with Crippen LogP contribution in [0.2, 0.25) is 0 Å². The van der Waals surface area contributed by atoms with Crippen molar-refractivity contribution in [3.8, 4) is 11.6 Å². The molecule has 0 spiro atoms. The number of piperazine rings is 1. The molecule has 1 aliphatic carbocycles. The van der Waals surface area contributed by atoms with E-state index in [4.69, 9.17) is 14.0 Å². The molecule has 1 aromatic carbocycles. The molecule has 4 amide bonds. The number of piperidine rings is 1. The van der Waals surface area contributed by atoms with E-state index < -0.39 is 11.9 Å². The SMILES string of the molecule is CCC(=O)N[C@H](C(=O)N1CCN(C(=O)c2cc3cc(F)ccc3n2CC(=O)N2CCC[C@H]2COc2cc(CN3CCC(Oc4ccnc5ccsc45)CC3)on2)[C@@H](C)C1)C1CCCCC1. The van der Waals surface area contributed by atoms with Crippen LogP contribution in [0.1, 0.15) is 94.3 Å². The van der Waals surface area contributed by atoms with Crippen LogP contribution in [0.4, 0.5) is 4.39 Å². The molecule has 5 aromatic rings. The van der Waals surface area contributed by atoms with Crippen molar-refractivity contribution in [1.29, 1.82) is 0 Å². The second-order valence-electron chi connectivity index (χ2n) is 18.1. The van der Waals surface area contributed by atoms with Crippen LogP contribution in [0.5, 0.6) is 11.6 Å². The third-order valence-corrected chi connectivity index (χ3v) is 14.7. The molecule has 0 radical (unpaired) electrons. The Kier molecular flexibility index (Phi) is 13.7. The summed E-state index contributed by atoms with van der Waals surface area (Å²) in [6, 6.07) is 10.6. The number of thiophene rings is 1. The number of halogens is 1. The summed E-state index contributed by atoms with van der Waals surface area (Å²) in [5.41, 5.74) is 1.83. The van der Waals surface area contributed by atoms with Crippen molar-refractivity contribution in [2.45, 2.75) is 115 Å². The Morgan fingerprint density at radius 1 is 0.938 bits per heavy atom. The molecule has 7 heterocycles. The second-order valence-corrected chi connectivity index (χ2v) is 19.0. The number of amides is 4. The van der Waals surface area contributed by atoms with Crippen molar-refractivity contribution < 1.29 is 37.6 Å². The first-order valence-corrected chi connectivity index (χ1v) is 24.3. The van der Waals surface area contributed by atoms with Gasteiger partial charge in [0.25, 0.3) is 11.8 Å².